The van der Waals surface area contributed by atoms with Crippen LogP contribution in [0.2, 0.25) is 0 Å². The summed E-state index contributed by atoms with van der Waals surface area (Å²) in [5.74, 6) is 0.668. The molecule has 0 spiro atoms. The minimum atomic E-state index is 0.0841. The number of benzene rings is 1. The Morgan fingerprint density at radius 2 is 2.05 bits per heavy atom. The van der Waals surface area contributed by atoms with Crippen molar-refractivity contribution in [3.8, 4) is 0 Å². The maximum absolute atomic E-state index is 11.5. The van der Waals surface area contributed by atoms with Gasteiger partial charge in [0.1, 0.15) is 0 Å². The molecular formula is C17H19N3O2. The number of ketones is 1. The second-order valence-electron chi connectivity index (χ2n) is 6.35. The number of carbonyl (C=O) groups excluding carboxylic acids is 2. The molecule has 0 bridgehead atoms. The van der Waals surface area contributed by atoms with E-state index in [1.54, 1.807) is 6.08 Å². The van der Waals surface area contributed by atoms with Gasteiger partial charge in [0.25, 0.3) is 0 Å². The van der Waals surface area contributed by atoms with E-state index in [-0.39, 0.29) is 17.7 Å². The minimum absolute atomic E-state index is 0.0841. The molecule has 1 heterocycles. The SMILES string of the molecule is O=C1C=C(Nc2ccc3c(c2)CCC2CC(=O)NNC32)CC1. The Hall–Kier alpha value is -2.14. The van der Waals surface area contributed by atoms with Gasteiger partial charge in [-0.15, -0.1) is 0 Å². The molecule has 5 nitrogen and oxygen atoms in total. The van der Waals surface area contributed by atoms with Crippen LogP contribution in [0.15, 0.2) is 30.0 Å². The van der Waals surface area contributed by atoms with Crippen molar-refractivity contribution in [3.05, 3.63) is 41.1 Å². The highest BCUT2D eigenvalue weighted by Crippen LogP contribution is 2.38. The number of rotatable bonds is 2. The summed E-state index contributed by atoms with van der Waals surface area (Å²) in [6, 6.07) is 6.58. The molecule has 1 aromatic rings. The first-order valence-electron chi connectivity index (χ1n) is 7.87. The van der Waals surface area contributed by atoms with Gasteiger partial charge in [-0.2, -0.15) is 0 Å². The van der Waals surface area contributed by atoms with Gasteiger partial charge >= 0.3 is 0 Å². The van der Waals surface area contributed by atoms with Crippen molar-refractivity contribution in [1.29, 1.82) is 0 Å². The van der Waals surface area contributed by atoms with Gasteiger partial charge in [-0.05, 0) is 48.4 Å². The summed E-state index contributed by atoms with van der Waals surface area (Å²) in [5.41, 5.74) is 10.5. The van der Waals surface area contributed by atoms with Crippen molar-refractivity contribution in [1.82, 2.24) is 10.9 Å². The fourth-order valence-corrected chi connectivity index (χ4v) is 3.71. The van der Waals surface area contributed by atoms with Crippen LogP contribution in [0.1, 0.15) is 42.9 Å². The van der Waals surface area contributed by atoms with E-state index in [1.165, 1.54) is 11.1 Å². The normalized spacial score (nSPS) is 26.8. The minimum Gasteiger partial charge on any atom is -0.359 e. The third-order valence-corrected chi connectivity index (χ3v) is 4.83. The van der Waals surface area contributed by atoms with Gasteiger partial charge < -0.3 is 5.32 Å². The average Bonchev–Trinajstić information content (AvgIpc) is 2.91. The van der Waals surface area contributed by atoms with Crippen LogP contribution in [0, 0.1) is 5.92 Å². The second kappa shape index (κ2) is 5.25. The predicted octanol–water partition coefficient (Wildman–Crippen LogP) is 1.97. The van der Waals surface area contributed by atoms with Crippen LogP contribution in [0.25, 0.3) is 0 Å². The lowest BCUT2D eigenvalue weighted by Crippen LogP contribution is -2.50. The second-order valence-corrected chi connectivity index (χ2v) is 6.35. The molecule has 22 heavy (non-hydrogen) atoms. The molecule has 0 aromatic heterocycles. The number of anilines is 1. The van der Waals surface area contributed by atoms with E-state index in [2.05, 4.69) is 34.4 Å². The van der Waals surface area contributed by atoms with Gasteiger partial charge in [-0.25, -0.2) is 5.43 Å². The monoisotopic (exact) mass is 297 g/mol. The first kappa shape index (κ1) is 13.5. The number of hydrazine groups is 1. The number of amides is 1. The van der Waals surface area contributed by atoms with Crippen LogP contribution in [-0.2, 0) is 16.0 Å². The number of carbonyl (C=O) groups is 2. The molecule has 4 rings (SSSR count). The average molecular weight is 297 g/mol. The van der Waals surface area contributed by atoms with Gasteiger partial charge in [0.2, 0.25) is 5.91 Å². The number of allylic oxidation sites excluding steroid dienone is 2. The molecular weight excluding hydrogens is 278 g/mol. The molecule has 3 aliphatic rings. The van der Waals surface area contributed by atoms with Gasteiger partial charge in [-0.3, -0.25) is 15.0 Å². The van der Waals surface area contributed by atoms with Gasteiger partial charge in [0, 0.05) is 30.3 Å². The maximum Gasteiger partial charge on any atom is 0.234 e. The summed E-state index contributed by atoms with van der Waals surface area (Å²) in [6.07, 6.45) is 5.75. The van der Waals surface area contributed by atoms with Crippen molar-refractivity contribution in [2.45, 2.75) is 38.1 Å². The Bertz CT molecular complexity index is 680. The summed E-state index contributed by atoms with van der Waals surface area (Å²) < 4.78 is 0. The molecule has 0 saturated carbocycles. The highest BCUT2D eigenvalue weighted by Gasteiger charge is 2.34. The molecule has 2 unspecified atom stereocenters. The lowest BCUT2D eigenvalue weighted by molar-refractivity contribution is -0.126. The summed E-state index contributed by atoms with van der Waals surface area (Å²) in [7, 11) is 0. The summed E-state index contributed by atoms with van der Waals surface area (Å²) in [4.78, 5) is 22.8. The molecule has 114 valence electrons. The van der Waals surface area contributed by atoms with E-state index < -0.39 is 0 Å². The van der Waals surface area contributed by atoms with Gasteiger partial charge in [-0.1, -0.05) is 6.07 Å². The highest BCUT2D eigenvalue weighted by atomic mass is 16.2. The number of hydrogen-bond acceptors (Lipinski definition) is 4. The topological polar surface area (TPSA) is 70.2 Å². The van der Waals surface area contributed by atoms with Crippen LogP contribution in [0.3, 0.4) is 0 Å². The quantitative estimate of drug-likeness (QED) is 0.780. The van der Waals surface area contributed by atoms with E-state index in [0.29, 0.717) is 18.8 Å². The summed E-state index contributed by atoms with van der Waals surface area (Å²) in [5, 5.41) is 3.35. The van der Waals surface area contributed by atoms with E-state index >= 15 is 0 Å². The third-order valence-electron chi connectivity index (χ3n) is 4.83. The largest absolute Gasteiger partial charge is 0.359 e. The Morgan fingerprint density at radius 1 is 1.14 bits per heavy atom. The zero-order chi connectivity index (χ0) is 15.1. The molecule has 2 atom stereocenters. The standard InChI is InChI=1S/C17H19N3O2/c21-14-5-3-13(9-14)18-12-4-6-15-10(7-12)1-2-11-8-16(22)19-20-17(11)15/h4,6-7,9,11,17-18,20H,1-3,5,8H2,(H,19,22). The number of hydrogen-bond donors (Lipinski definition) is 3. The Labute approximate surface area is 129 Å². The molecule has 5 heteroatoms. The summed E-state index contributed by atoms with van der Waals surface area (Å²) >= 11 is 0. The number of fused-ring (bicyclic) bond motifs is 3. The Balaban J connectivity index is 1.56. The number of nitrogens with one attached hydrogen (secondary N) is 3. The zero-order valence-electron chi connectivity index (χ0n) is 12.3. The smallest absolute Gasteiger partial charge is 0.234 e. The molecule has 1 amide bonds. The first-order chi connectivity index (χ1) is 10.7. The fourth-order valence-electron chi connectivity index (χ4n) is 3.71. The van der Waals surface area contributed by atoms with Crippen molar-refractivity contribution in [2.24, 2.45) is 5.92 Å². The van der Waals surface area contributed by atoms with Crippen LogP contribution in [-0.4, -0.2) is 11.7 Å². The van der Waals surface area contributed by atoms with Crippen LogP contribution >= 0.6 is 0 Å². The highest BCUT2D eigenvalue weighted by molar-refractivity contribution is 5.93. The zero-order valence-corrected chi connectivity index (χ0v) is 12.3. The fraction of sp³-hybridized carbons (Fsp3) is 0.412. The maximum atomic E-state index is 11.5. The van der Waals surface area contributed by atoms with Crippen LogP contribution in [0.4, 0.5) is 5.69 Å². The molecule has 1 aromatic carbocycles. The van der Waals surface area contributed by atoms with E-state index in [0.717, 1.165) is 30.6 Å². The lowest BCUT2D eigenvalue weighted by Gasteiger charge is -2.37. The Morgan fingerprint density at radius 3 is 2.86 bits per heavy atom. The van der Waals surface area contributed by atoms with E-state index in [4.69, 9.17) is 0 Å². The van der Waals surface area contributed by atoms with E-state index in [9.17, 15) is 9.59 Å². The Kier molecular flexibility index (Phi) is 3.22. The third kappa shape index (κ3) is 2.41. The van der Waals surface area contributed by atoms with Crippen molar-refractivity contribution in [2.75, 3.05) is 5.32 Å². The molecule has 1 aliphatic heterocycles. The molecule has 0 radical (unpaired) electrons. The van der Waals surface area contributed by atoms with Gasteiger partial charge in [0.05, 0.1) is 6.04 Å². The number of aryl methyl sites for hydroxylation is 1. The van der Waals surface area contributed by atoms with Crippen LogP contribution < -0.4 is 16.2 Å². The summed E-state index contributed by atoms with van der Waals surface area (Å²) in [6.45, 7) is 0. The molecule has 1 saturated heterocycles. The van der Waals surface area contributed by atoms with Crippen molar-refractivity contribution in [3.63, 3.8) is 0 Å². The first-order valence-corrected chi connectivity index (χ1v) is 7.87. The molecule has 1 fully saturated rings. The predicted molar refractivity (Wildman–Crippen MR) is 82.8 cm³/mol. The van der Waals surface area contributed by atoms with E-state index in [1.807, 2.05) is 0 Å². The lowest BCUT2D eigenvalue weighted by atomic mass is 9.77. The van der Waals surface area contributed by atoms with Crippen molar-refractivity contribution >= 4 is 17.4 Å². The van der Waals surface area contributed by atoms with Crippen LogP contribution in [0.5, 0.6) is 0 Å². The van der Waals surface area contributed by atoms with Crippen molar-refractivity contribution < 1.29 is 9.59 Å². The molecule has 3 N–H and O–H groups in total. The van der Waals surface area contributed by atoms with Gasteiger partial charge in [0.15, 0.2) is 5.78 Å². The molecule has 2 aliphatic carbocycles.